The quantitative estimate of drug-likeness (QED) is 0.418. The maximum atomic E-state index is 13.9. The number of Topliss-reactive ketones (excluding diaryl/α,β-unsaturated/α-hetero) is 1. The average Bonchev–Trinajstić information content (AvgIpc) is 2.84. The Morgan fingerprint density at radius 2 is 1.65 bits per heavy atom. The van der Waals surface area contributed by atoms with Crippen molar-refractivity contribution in [3.8, 4) is 0 Å². The summed E-state index contributed by atoms with van der Waals surface area (Å²) in [4.78, 5) is 27.3. The highest BCUT2D eigenvalue weighted by atomic mass is 19.4. The Morgan fingerprint density at radius 1 is 0.946 bits per heavy atom. The third-order valence-corrected chi connectivity index (χ3v) is 6.06. The highest BCUT2D eigenvalue weighted by Gasteiger charge is 2.34. The molecule has 9 heteroatoms. The molecule has 1 aliphatic rings. The molecule has 0 atom stereocenters. The summed E-state index contributed by atoms with van der Waals surface area (Å²) in [5.41, 5.74) is 0.947. The van der Waals surface area contributed by atoms with Crippen molar-refractivity contribution in [2.24, 2.45) is 0 Å². The van der Waals surface area contributed by atoms with E-state index in [4.69, 9.17) is 4.74 Å². The number of hydrogen-bond acceptors (Lipinski definition) is 4. The predicted molar refractivity (Wildman–Crippen MR) is 132 cm³/mol. The van der Waals surface area contributed by atoms with Gasteiger partial charge < -0.3 is 15.0 Å². The van der Waals surface area contributed by atoms with Gasteiger partial charge in [-0.25, -0.2) is 4.39 Å². The van der Waals surface area contributed by atoms with Crippen molar-refractivity contribution in [1.82, 2.24) is 0 Å². The molecule has 0 saturated carbocycles. The molecule has 1 saturated heterocycles. The molecule has 1 fully saturated rings. The molecule has 0 spiro atoms. The van der Waals surface area contributed by atoms with Crippen molar-refractivity contribution in [3.05, 3.63) is 94.3 Å². The molecule has 1 N–H and O–H groups in total. The Morgan fingerprint density at radius 3 is 2.35 bits per heavy atom. The molecule has 0 radical (unpaired) electrons. The van der Waals surface area contributed by atoms with Crippen molar-refractivity contribution in [2.75, 3.05) is 36.5 Å². The van der Waals surface area contributed by atoms with Crippen LogP contribution in [0, 0.1) is 12.7 Å². The normalized spacial score (nSPS) is 13.9. The molecule has 5 nitrogen and oxygen atoms in total. The number of nitrogens with zero attached hydrogens (tertiary/aromatic N) is 1. The van der Waals surface area contributed by atoms with E-state index in [1.54, 1.807) is 0 Å². The Bertz CT molecular complexity index is 1300. The lowest BCUT2D eigenvalue weighted by Gasteiger charge is -2.29. The minimum atomic E-state index is -4.79. The van der Waals surface area contributed by atoms with E-state index >= 15 is 0 Å². The average molecular weight is 515 g/mol. The Hall–Kier alpha value is -3.72. The number of anilines is 2. The van der Waals surface area contributed by atoms with Crippen LogP contribution in [0.5, 0.6) is 0 Å². The second-order valence-corrected chi connectivity index (χ2v) is 8.98. The highest BCUT2D eigenvalue weighted by Crippen LogP contribution is 2.36. The number of ether oxygens (including phenoxy) is 1. The van der Waals surface area contributed by atoms with Gasteiger partial charge in [0.2, 0.25) is 0 Å². The maximum absolute atomic E-state index is 13.9. The van der Waals surface area contributed by atoms with E-state index < -0.39 is 29.2 Å². The number of aryl methyl sites for hydroxylation is 1. The smallest absolute Gasteiger partial charge is 0.378 e. The van der Waals surface area contributed by atoms with Gasteiger partial charge in [-0.15, -0.1) is 0 Å². The molecule has 0 unspecified atom stereocenters. The van der Waals surface area contributed by atoms with Crippen LogP contribution in [0.3, 0.4) is 0 Å². The van der Waals surface area contributed by atoms with Gasteiger partial charge in [-0.1, -0.05) is 24.3 Å². The molecule has 194 valence electrons. The SMILES string of the molecule is Cc1cc(CC(=O)Cc2ccc(NC(=O)c3ccccc3F)c(C(F)(F)F)c2)cc(N2CCOCC2)c1. The van der Waals surface area contributed by atoms with Gasteiger partial charge in [-0.05, 0) is 60.0 Å². The predicted octanol–water partition coefficient (Wildman–Crippen LogP) is 5.60. The summed E-state index contributed by atoms with van der Waals surface area (Å²) < 4.78 is 60.6. The lowest BCUT2D eigenvalue weighted by atomic mass is 9.98. The first-order valence-electron chi connectivity index (χ1n) is 11.8. The minimum absolute atomic E-state index is 0.0755. The van der Waals surface area contributed by atoms with Crippen LogP contribution < -0.4 is 10.2 Å². The minimum Gasteiger partial charge on any atom is -0.378 e. The number of ketones is 1. The topological polar surface area (TPSA) is 58.6 Å². The van der Waals surface area contributed by atoms with E-state index in [9.17, 15) is 27.2 Å². The van der Waals surface area contributed by atoms with E-state index in [-0.39, 0.29) is 29.8 Å². The zero-order valence-electron chi connectivity index (χ0n) is 20.2. The molecular formula is C28H26F4N2O3. The van der Waals surface area contributed by atoms with Crippen molar-refractivity contribution in [1.29, 1.82) is 0 Å². The second-order valence-electron chi connectivity index (χ2n) is 8.98. The second kappa shape index (κ2) is 11.1. The molecule has 0 bridgehead atoms. The van der Waals surface area contributed by atoms with Crippen LogP contribution in [0.1, 0.15) is 32.6 Å². The zero-order valence-corrected chi connectivity index (χ0v) is 20.2. The Balaban J connectivity index is 1.49. The van der Waals surface area contributed by atoms with Crippen molar-refractivity contribution >= 4 is 23.1 Å². The van der Waals surface area contributed by atoms with Crippen LogP contribution in [-0.2, 0) is 28.5 Å². The number of rotatable bonds is 7. The molecule has 1 amide bonds. The molecule has 0 aromatic heterocycles. The van der Waals surface area contributed by atoms with Crippen LogP contribution in [-0.4, -0.2) is 38.0 Å². The number of morpholine rings is 1. The van der Waals surface area contributed by atoms with E-state index in [1.165, 1.54) is 24.3 Å². The van der Waals surface area contributed by atoms with Crippen molar-refractivity contribution < 1.29 is 31.9 Å². The van der Waals surface area contributed by atoms with Crippen molar-refractivity contribution in [3.63, 3.8) is 0 Å². The van der Waals surface area contributed by atoms with Crippen molar-refractivity contribution in [2.45, 2.75) is 25.9 Å². The lowest BCUT2D eigenvalue weighted by molar-refractivity contribution is -0.137. The first kappa shape index (κ1) is 26.3. The molecule has 1 heterocycles. The summed E-state index contributed by atoms with van der Waals surface area (Å²) in [6.07, 6.45) is -4.92. The van der Waals surface area contributed by atoms with Gasteiger partial charge in [0.1, 0.15) is 11.6 Å². The standard InChI is InChI=1S/C28H26F4N2O3/c1-18-12-20(14-21(13-18)34-8-10-37-11-9-34)16-22(35)15-19-6-7-26(24(17-19)28(30,31)32)33-27(36)23-4-2-3-5-25(23)29/h2-7,12-14,17H,8-11,15-16H2,1H3,(H,33,36). The largest absolute Gasteiger partial charge is 0.418 e. The molecule has 0 aliphatic carbocycles. The van der Waals surface area contributed by atoms with E-state index in [1.807, 2.05) is 25.1 Å². The summed E-state index contributed by atoms with van der Waals surface area (Å²) >= 11 is 0. The summed E-state index contributed by atoms with van der Waals surface area (Å²) in [6.45, 7) is 4.68. The molecule has 37 heavy (non-hydrogen) atoms. The first-order valence-corrected chi connectivity index (χ1v) is 11.8. The summed E-state index contributed by atoms with van der Waals surface area (Å²) in [7, 11) is 0. The number of hydrogen-bond donors (Lipinski definition) is 1. The summed E-state index contributed by atoms with van der Waals surface area (Å²) in [5.74, 6) is -2.08. The first-order chi connectivity index (χ1) is 17.6. The van der Waals surface area contributed by atoms with Gasteiger partial charge in [0.15, 0.2) is 0 Å². The molecule has 3 aromatic rings. The fraction of sp³-hybridized carbons (Fsp3) is 0.286. The molecule has 4 rings (SSSR count). The number of benzene rings is 3. The van der Waals surface area contributed by atoms with Crippen LogP contribution in [0.4, 0.5) is 28.9 Å². The van der Waals surface area contributed by atoms with Gasteiger partial charge in [-0.3, -0.25) is 9.59 Å². The maximum Gasteiger partial charge on any atom is 0.418 e. The number of alkyl halides is 3. The zero-order chi connectivity index (χ0) is 26.6. The van der Waals surface area contributed by atoms with Crippen LogP contribution in [0.2, 0.25) is 0 Å². The third kappa shape index (κ3) is 6.74. The summed E-state index contributed by atoms with van der Waals surface area (Å²) in [5, 5.41) is 2.14. The third-order valence-electron chi connectivity index (χ3n) is 6.06. The van der Waals surface area contributed by atoms with Gasteiger partial charge >= 0.3 is 6.18 Å². The number of nitrogens with one attached hydrogen (secondary N) is 1. The van der Waals surface area contributed by atoms with Gasteiger partial charge in [0, 0.05) is 31.6 Å². The number of carbonyl (C=O) groups excluding carboxylic acids is 2. The monoisotopic (exact) mass is 514 g/mol. The van der Waals surface area contributed by atoms with Crippen LogP contribution >= 0.6 is 0 Å². The Kier molecular flexibility index (Phi) is 7.92. The fourth-order valence-corrected chi connectivity index (χ4v) is 4.34. The number of halogens is 4. The molecule has 1 aliphatic heterocycles. The lowest BCUT2D eigenvalue weighted by Crippen LogP contribution is -2.36. The highest BCUT2D eigenvalue weighted by molar-refractivity contribution is 6.05. The van der Waals surface area contributed by atoms with Gasteiger partial charge in [0.25, 0.3) is 5.91 Å². The summed E-state index contributed by atoms with van der Waals surface area (Å²) in [6, 6.07) is 14.2. The molecular weight excluding hydrogens is 488 g/mol. The van der Waals surface area contributed by atoms with Crippen LogP contribution in [0.15, 0.2) is 60.7 Å². The Labute approximate surface area is 212 Å². The van der Waals surface area contributed by atoms with Gasteiger partial charge in [0.05, 0.1) is 30.0 Å². The molecule has 3 aromatic carbocycles. The van der Waals surface area contributed by atoms with E-state index in [2.05, 4.69) is 10.2 Å². The number of amides is 1. The van der Waals surface area contributed by atoms with E-state index in [0.29, 0.717) is 13.2 Å². The fourth-order valence-electron chi connectivity index (χ4n) is 4.34. The van der Waals surface area contributed by atoms with E-state index in [0.717, 1.165) is 48.1 Å². The van der Waals surface area contributed by atoms with Crippen LogP contribution in [0.25, 0.3) is 0 Å². The number of carbonyl (C=O) groups is 2. The van der Waals surface area contributed by atoms with Gasteiger partial charge in [-0.2, -0.15) is 13.2 Å².